The van der Waals surface area contributed by atoms with Crippen LogP contribution in [0.5, 0.6) is 5.75 Å². The summed E-state index contributed by atoms with van der Waals surface area (Å²) in [5, 5.41) is 10.4. The fourth-order valence-electron chi connectivity index (χ4n) is 1.38. The molecule has 0 amide bonds. The number of thioether (sulfide) groups is 1. The zero-order valence-corrected chi connectivity index (χ0v) is 10.7. The Morgan fingerprint density at radius 2 is 2.33 bits per heavy atom. The molecule has 0 atom stereocenters. The van der Waals surface area contributed by atoms with Crippen LogP contribution >= 0.6 is 11.8 Å². The lowest BCUT2D eigenvalue weighted by atomic mass is 10.1. The van der Waals surface area contributed by atoms with Gasteiger partial charge in [0.25, 0.3) is 0 Å². The number of allylic oxidation sites excluding steroid dienone is 1. The number of benzene rings is 1. The summed E-state index contributed by atoms with van der Waals surface area (Å²) in [5.41, 5.74) is 0.364. The predicted octanol–water partition coefficient (Wildman–Crippen LogP) is 3.58. The van der Waals surface area contributed by atoms with Gasteiger partial charge >= 0.3 is 11.0 Å². The minimum Gasteiger partial charge on any atom is -0.411 e. The van der Waals surface area contributed by atoms with E-state index in [1.807, 2.05) is 0 Å². The van der Waals surface area contributed by atoms with E-state index in [9.17, 15) is 14.9 Å². The lowest BCUT2D eigenvalue weighted by Gasteiger charge is -2.08. The minimum atomic E-state index is -0.564. The smallest absolute Gasteiger partial charge is 0.372 e. The molecule has 0 saturated carbocycles. The fraction of sp³-hybridized carbons (Fsp3) is 0.250. The normalized spacial score (nSPS) is 9.83. The predicted molar refractivity (Wildman–Crippen MR) is 71.2 cm³/mol. The van der Waals surface area contributed by atoms with Crippen molar-refractivity contribution in [2.45, 2.75) is 13.3 Å². The molecule has 0 N–H and O–H groups in total. The highest BCUT2D eigenvalue weighted by molar-refractivity contribution is 8.13. The Balaban J connectivity index is 3.13. The van der Waals surface area contributed by atoms with E-state index in [0.717, 1.165) is 11.8 Å². The number of para-hydroxylation sites is 1. The summed E-state index contributed by atoms with van der Waals surface area (Å²) in [7, 11) is 0. The molecule has 18 heavy (non-hydrogen) atoms. The van der Waals surface area contributed by atoms with Crippen molar-refractivity contribution in [3.8, 4) is 5.75 Å². The molecule has 0 spiro atoms. The van der Waals surface area contributed by atoms with Gasteiger partial charge in [-0.2, -0.15) is 0 Å². The first-order valence-corrected chi connectivity index (χ1v) is 6.30. The molecule has 0 aliphatic carbocycles. The number of carbonyl (C=O) groups excluding carboxylic acids is 1. The SMILES string of the molecule is C=CCc1cccc([N+](=O)[O-])c1OC(=O)SCC. The standard InChI is InChI=1S/C12H13NO4S/c1-3-6-9-7-5-8-10(13(15)16)11(9)17-12(14)18-4-2/h3,5,7-8H,1,4,6H2,2H3. The number of ether oxygens (including phenoxy) is 1. The van der Waals surface area contributed by atoms with E-state index in [2.05, 4.69) is 6.58 Å². The number of nitrogens with zero attached hydrogens (tertiary/aromatic N) is 1. The second kappa shape index (κ2) is 6.80. The van der Waals surface area contributed by atoms with Gasteiger partial charge in [-0.25, -0.2) is 4.79 Å². The molecule has 0 aliphatic heterocycles. The summed E-state index contributed by atoms with van der Waals surface area (Å²) in [4.78, 5) is 21.8. The van der Waals surface area contributed by atoms with Crippen molar-refractivity contribution in [2.24, 2.45) is 0 Å². The number of hydrogen-bond acceptors (Lipinski definition) is 5. The molecule has 96 valence electrons. The van der Waals surface area contributed by atoms with Crippen molar-refractivity contribution in [1.82, 2.24) is 0 Å². The molecule has 0 saturated heterocycles. The van der Waals surface area contributed by atoms with Crippen LogP contribution in [0.25, 0.3) is 0 Å². The zero-order chi connectivity index (χ0) is 13.5. The first-order chi connectivity index (χ1) is 8.60. The van der Waals surface area contributed by atoms with Crippen LogP contribution in [0.3, 0.4) is 0 Å². The molecular formula is C12H13NO4S. The molecule has 1 aromatic carbocycles. The lowest BCUT2D eigenvalue weighted by molar-refractivity contribution is -0.385. The van der Waals surface area contributed by atoms with Gasteiger partial charge in [0, 0.05) is 17.4 Å². The summed E-state index contributed by atoms with van der Waals surface area (Å²) in [5.74, 6) is 0.560. The molecule has 0 heterocycles. The minimum absolute atomic E-state index is 0.00773. The maximum Gasteiger partial charge on any atom is 0.372 e. The largest absolute Gasteiger partial charge is 0.411 e. The van der Waals surface area contributed by atoms with Crippen LogP contribution in [0, 0.1) is 10.1 Å². The van der Waals surface area contributed by atoms with Gasteiger partial charge in [0.1, 0.15) is 0 Å². The van der Waals surface area contributed by atoms with Gasteiger partial charge in [-0.1, -0.05) is 25.1 Å². The Labute approximate surface area is 109 Å². The fourth-order valence-corrected chi connectivity index (χ4v) is 1.76. The number of nitro groups is 1. The van der Waals surface area contributed by atoms with Gasteiger partial charge < -0.3 is 4.74 Å². The van der Waals surface area contributed by atoms with Gasteiger partial charge in [-0.3, -0.25) is 10.1 Å². The third kappa shape index (κ3) is 3.59. The highest BCUT2D eigenvalue weighted by Gasteiger charge is 2.21. The molecule has 0 bridgehead atoms. The summed E-state index contributed by atoms with van der Waals surface area (Å²) < 4.78 is 5.07. The van der Waals surface area contributed by atoms with E-state index in [1.54, 1.807) is 25.1 Å². The monoisotopic (exact) mass is 267 g/mol. The van der Waals surface area contributed by atoms with Crippen LogP contribution in [0.2, 0.25) is 0 Å². The molecule has 0 aromatic heterocycles. The van der Waals surface area contributed by atoms with Gasteiger partial charge in [-0.15, -0.1) is 6.58 Å². The summed E-state index contributed by atoms with van der Waals surface area (Å²) in [6.07, 6.45) is 2.00. The molecule has 5 nitrogen and oxygen atoms in total. The van der Waals surface area contributed by atoms with Crippen molar-refractivity contribution in [1.29, 1.82) is 0 Å². The summed E-state index contributed by atoms with van der Waals surface area (Å²) in [6, 6.07) is 4.54. The van der Waals surface area contributed by atoms with Gasteiger partial charge in [0.2, 0.25) is 5.75 Å². The average Bonchev–Trinajstić information content (AvgIpc) is 2.31. The third-order valence-corrected chi connectivity index (χ3v) is 2.69. The molecule has 6 heteroatoms. The average molecular weight is 267 g/mol. The maximum atomic E-state index is 11.4. The molecular weight excluding hydrogens is 254 g/mol. The van der Waals surface area contributed by atoms with Gasteiger partial charge in [-0.05, 0) is 18.2 Å². The molecule has 0 aliphatic rings. The summed E-state index contributed by atoms with van der Waals surface area (Å²) >= 11 is 0.964. The first-order valence-electron chi connectivity index (χ1n) is 5.32. The van der Waals surface area contributed by atoms with Gasteiger partial charge in [0.05, 0.1) is 4.92 Å². The molecule has 0 radical (unpaired) electrons. The van der Waals surface area contributed by atoms with Crippen molar-refractivity contribution >= 4 is 22.8 Å². The quantitative estimate of drug-likeness (QED) is 0.353. The Hall–Kier alpha value is -1.82. The van der Waals surface area contributed by atoms with E-state index in [-0.39, 0.29) is 11.4 Å². The first kappa shape index (κ1) is 14.2. The molecule has 1 rings (SSSR count). The highest BCUT2D eigenvalue weighted by atomic mass is 32.2. The highest BCUT2D eigenvalue weighted by Crippen LogP contribution is 2.32. The van der Waals surface area contributed by atoms with Crippen molar-refractivity contribution in [2.75, 3.05) is 5.75 Å². The number of carbonyl (C=O) groups is 1. The van der Waals surface area contributed by atoms with Crippen LogP contribution in [-0.2, 0) is 6.42 Å². The second-order valence-electron chi connectivity index (χ2n) is 3.30. The van der Waals surface area contributed by atoms with Crippen LogP contribution in [0.15, 0.2) is 30.9 Å². The van der Waals surface area contributed by atoms with Crippen molar-refractivity contribution in [3.63, 3.8) is 0 Å². The van der Waals surface area contributed by atoms with E-state index in [1.165, 1.54) is 6.07 Å². The Morgan fingerprint density at radius 1 is 1.61 bits per heavy atom. The topological polar surface area (TPSA) is 69.4 Å². The Bertz CT molecular complexity index is 473. The van der Waals surface area contributed by atoms with E-state index < -0.39 is 10.2 Å². The number of nitro benzene ring substituents is 1. The lowest BCUT2D eigenvalue weighted by Crippen LogP contribution is -2.06. The van der Waals surface area contributed by atoms with Crippen molar-refractivity contribution in [3.05, 3.63) is 46.5 Å². The van der Waals surface area contributed by atoms with E-state index in [0.29, 0.717) is 17.7 Å². The molecule has 0 unspecified atom stereocenters. The zero-order valence-electron chi connectivity index (χ0n) is 9.92. The molecule has 0 fully saturated rings. The third-order valence-electron chi connectivity index (χ3n) is 2.08. The molecule has 1 aromatic rings. The maximum absolute atomic E-state index is 11.4. The Kier molecular flexibility index (Phi) is 5.38. The van der Waals surface area contributed by atoms with Crippen LogP contribution in [0.1, 0.15) is 12.5 Å². The summed E-state index contributed by atoms with van der Waals surface area (Å²) in [6.45, 7) is 5.37. The number of hydrogen-bond donors (Lipinski definition) is 0. The van der Waals surface area contributed by atoms with Gasteiger partial charge in [0.15, 0.2) is 0 Å². The van der Waals surface area contributed by atoms with Crippen LogP contribution < -0.4 is 4.74 Å². The van der Waals surface area contributed by atoms with E-state index >= 15 is 0 Å². The number of rotatable bonds is 5. The van der Waals surface area contributed by atoms with Crippen LogP contribution in [0.4, 0.5) is 10.5 Å². The second-order valence-corrected chi connectivity index (χ2v) is 4.50. The van der Waals surface area contributed by atoms with Crippen molar-refractivity contribution < 1.29 is 14.5 Å². The van der Waals surface area contributed by atoms with Crippen LogP contribution in [-0.4, -0.2) is 16.0 Å². The van der Waals surface area contributed by atoms with E-state index in [4.69, 9.17) is 4.74 Å². The Morgan fingerprint density at radius 3 is 2.89 bits per heavy atom.